The van der Waals surface area contributed by atoms with Gasteiger partial charge >= 0.3 is 6.18 Å². The molecule has 0 spiro atoms. The molecular weight excluding hydrogens is 170 g/mol. The lowest BCUT2D eigenvalue weighted by Crippen LogP contribution is -2.42. The molecule has 0 fully saturated rings. The first-order valence-electron chi connectivity index (χ1n) is 2.18. The van der Waals surface area contributed by atoms with E-state index in [0.29, 0.717) is 0 Å². The van der Waals surface area contributed by atoms with E-state index in [9.17, 15) is 18.0 Å². The van der Waals surface area contributed by atoms with Crippen molar-refractivity contribution >= 4 is 18.2 Å². The van der Waals surface area contributed by atoms with Crippen molar-refractivity contribution < 1.29 is 18.0 Å². The summed E-state index contributed by atoms with van der Waals surface area (Å²) in [5.74, 6) is -1.07. The van der Waals surface area contributed by atoms with Crippen molar-refractivity contribution in [3.05, 3.63) is 0 Å². The Balaban J connectivity index is 0. The van der Waals surface area contributed by atoms with Crippen LogP contribution < -0.4 is 5.73 Å². The number of hydrogen-bond acceptors (Lipinski definition) is 2. The first kappa shape index (κ1) is 12.4. The van der Waals surface area contributed by atoms with Crippen LogP contribution in [0.25, 0.3) is 0 Å². The van der Waals surface area contributed by atoms with Crippen LogP contribution in [0.2, 0.25) is 0 Å². The molecule has 0 saturated carbocycles. The maximum Gasteiger partial charge on any atom is 0.410 e. The molecule has 0 heterocycles. The lowest BCUT2D eigenvalue weighted by molar-refractivity contribution is -0.159. The molecule has 0 aromatic rings. The highest BCUT2D eigenvalue weighted by atomic mass is 35.5. The SMILES string of the molecule is CC(=O)[C@H](N)C(F)(F)F.Cl. The maximum absolute atomic E-state index is 11.4. The molecule has 0 amide bonds. The van der Waals surface area contributed by atoms with Crippen LogP contribution in [0, 0.1) is 0 Å². The van der Waals surface area contributed by atoms with Crippen LogP contribution in [0.3, 0.4) is 0 Å². The van der Waals surface area contributed by atoms with Gasteiger partial charge in [0.1, 0.15) is 0 Å². The standard InChI is InChI=1S/C4H6F3NO.ClH/c1-2(9)3(8)4(5,6)7;/h3H,8H2,1H3;1H/t3-;/m0./s1. The molecule has 0 aliphatic heterocycles. The van der Waals surface area contributed by atoms with Crippen molar-refractivity contribution in [1.82, 2.24) is 0 Å². The molecular formula is C4H7ClF3NO. The Labute approximate surface area is 62.0 Å². The Morgan fingerprint density at radius 2 is 1.80 bits per heavy atom. The molecule has 0 rings (SSSR count). The number of Topliss-reactive ketones (excluding diaryl/α,β-unsaturated/α-hetero) is 1. The summed E-state index contributed by atoms with van der Waals surface area (Å²) in [5, 5.41) is 0. The Hall–Kier alpha value is -0.290. The van der Waals surface area contributed by atoms with Gasteiger partial charge < -0.3 is 5.73 Å². The van der Waals surface area contributed by atoms with Gasteiger partial charge in [-0.25, -0.2) is 0 Å². The molecule has 0 aromatic carbocycles. The lowest BCUT2D eigenvalue weighted by Gasteiger charge is -2.10. The van der Waals surface area contributed by atoms with Gasteiger partial charge in [-0.3, -0.25) is 4.79 Å². The Morgan fingerprint density at radius 1 is 1.50 bits per heavy atom. The molecule has 0 aromatic heterocycles. The molecule has 10 heavy (non-hydrogen) atoms. The fourth-order valence-electron chi connectivity index (χ4n) is 0.230. The molecule has 0 bridgehead atoms. The van der Waals surface area contributed by atoms with Crippen LogP contribution in [0.4, 0.5) is 13.2 Å². The number of carbonyl (C=O) groups excluding carboxylic acids is 1. The molecule has 62 valence electrons. The van der Waals surface area contributed by atoms with Crippen molar-refractivity contribution in [1.29, 1.82) is 0 Å². The highest BCUT2D eigenvalue weighted by Gasteiger charge is 2.39. The molecule has 1 atom stereocenters. The van der Waals surface area contributed by atoms with Crippen LogP contribution in [-0.4, -0.2) is 18.0 Å². The number of halogens is 4. The normalized spacial score (nSPS) is 13.7. The Bertz CT molecular complexity index is 124. The van der Waals surface area contributed by atoms with E-state index in [1.165, 1.54) is 0 Å². The third kappa shape index (κ3) is 3.68. The molecule has 2 nitrogen and oxygen atoms in total. The number of rotatable bonds is 1. The topological polar surface area (TPSA) is 43.1 Å². The molecule has 0 radical (unpaired) electrons. The highest BCUT2D eigenvalue weighted by Crippen LogP contribution is 2.18. The second-order valence-electron chi connectivity index (χ2n) is 1.63. The van der Waals surface area contributed by atoms with Gasteiger partial charge in [-0.15, -0.1) is 12.4 Å². The van der Waals surface area contributed by atoms with Gasteiger partial charge in [0, 0.05) is 0 Å². The van der Waals surface area contributed by atoms with Gasteiger partial charge in [0.05, 0.1) is 0 Å². The minimum absolute atomic E-state index is 0. The molecule has 0 saturated heterocycles. The molecule has 6 heteroatoms. The predicted octanol–water partition coefficient (Wildman–Crippen LogP) is 0.887. The Morgan fingerprint density at radius 3 is 1.80 bits per heavy atom. The van der Waals surface area contributed by atoms with E-state index >= 15 is 0 Å². The van der Waals surface area contributed by atoms with E-state index in [-0.39, 0.29) is 12.4 Å². The van der Waals surface area contributed by atoms with Gasteiger partial charge in [0.25, 0.3) is 0 Å². The zero-order valence-electron chi connectivity index (χ0n) is 5.11. The minimum atomic E-state index is -4.59. The molecule has 0 aliphatic carbocycles. The van der Waals surface area contributed by atoms with Crippen LogP contribution in [0.5, 0.6) is 0 Å². The summed E-state index contributed by atoms with van der Waals surface area (Å²) in [4.78, 5) is 9.95. The van der Waals surface area contributed by atoms with E-state index in [1.807, 2.05) is 0 Å². The van der Waals surface area contributed by atoms with E-state index in [2.05, 4.69) is 5.73 Å². The number of alkyl halides is 3. The van der Waals surface area contributed by atoms with E-state index in [1.54, 1.807) is 0 Å². The van der Waals surface area contributed by atoms with Gasteiger partial charge in [-0.1, -0.05) is 0 Å². The van der Waals surface area contributed by atoms with Crippen molar-refractivity contribution in [3.63, 3.8) is 0 Å². The van der Waals surface area contributed by atoms with Crippen molar-refractivity contribution in [2.45, 2.75) is 19.1 Å². The van der Waals surface area contributed by atoms with Crippen LogP contribution in [0.1, 0.15) is 6.92 Å². The quantitative estimate of drug-likeness (QED) is 0.646. The summed E-state index contributed by atoms with van der Waals surface area (Å²) in [7, 11) is 0. The zero-order chi connectivity index (χ0) is 7.65. The fraction of sp³-hybridized carbons (Fsp3) is 0.750. The van der Waals surface area contributed by atoms with Gasteiger partial charge in [0.15, 0.2) is 11.8 Å². The van der Waals surface area contributed by atoms with E-state index in [0.717, 1.165) is 6.92 Å². The summed E-state index contributed by atoms with van der Waals surface area (Å²) < 4.78 is 34.1. The van der Waals surface area contributed by atoms with Crippen molar-refractivity contribution in [3.8, 4) is 0 Å². The predicted molar refractivity (Wildman–Crippen MR) is 32.0 cm³/mol. The molecule has 0 unspecified atom stereocenters. The third-order valence-electron chi connectivity index (χ3n) is 0.791. The zero-order valence-corrected chi connectivity index (χ0v) is 5.92. The van der Waals surface area contributed by atoms with E-state index in [4.69, 9.17) is 0 Å². The number of nitrogens with two attached hydrogens (primary N) is 1. The van der Waals surface area contributed by atoms with Gasteiger partial charge in [-0.05, 0) is 6.92 Å². The number of ketones is 1. The molecule has 2 N–H and O–H groups in total. The van der Waals surface area contributed by atoms with Crippen LogP contribution in [-0.2, 0) is 4.79 Å². The van der Waals surface area contributed by atoms with E-state index < -0.39 is 18.0 Å². The highest BCUT2D eigenvalue weighted by molar-refractivity contribution is 5.85. The smallest absolute Gasteiger partial charge is 0.314 e. The number of carbonyl (C=O) groups is 1. The lowest BCUT2D eigenvalue weighted by atomic mass is 10.2. The fourth-order valence-corrected chi connectivity index (χ4v) is 0.230. The molecule has 0 aliphatic rings. The number of hydrogen-bond donors (Lipinski definition) is 1. The monoisotopic (exact) mass is 177 g/mol. The first-order chi connectivity index (χ1) is 3.85. The second kappa shape index (κ2) is 3.78. The summed E-state index contributed by atoms with van der Waals surface area (Å²) in [6.07, 6.45) is -4.59. The minimum Gasteiger partial charge on any atom is -0.314 e. The van der Waals surface area contributed by atoms with Crippen molar-refractivity contribution in [2.24, 2.45) is 5.73 Å². The van der Waals surface area contributed by atoms with Crippen molar-refractivity contribution in [2.75, 3.05) is 0 Å². The average Bonchev–Trinajstić information content (AvgIpc) is 1.62. The Kier molecular flexibility index (Phi) is 4.68. The van der Waals surface area contributed by atoms with Crippen LogP contribution in [0.15, 0.2) is 0 Å². The van der Waals surface area contributed by atoms with Gasteiger partial charge in [0.2, 0.25) is 0 Å². The first-order valence-corrected chi connectivity index (χ1v) is 2.18. The summed E-state index contributed by atoms with van der Waals surface area (Å²) in [6, 6.07) is -2.32. The van der Waals surface area contributed by atoms with Gasteiger partial charge in [-0.2, -0.15) is 13.2 Å². The largest absolute Gasteiger partial charge is 0.410 e. The third-order valence-corrected chi connectivity index (χ3v) is 0.791. The van der Waals surface area contributed by atoms with Crippen LogP contribution >= 0.6 is 12.4 Å². The maximum atomic E-state index is 11.4. The summed E-state index contributed by atoms with van der Waals surface area (Å²) in [5.41, 5.74) is 4.42. The average molecular weight is 178 g/mol. The second-order valence-corrected chi connectivity index (χ2v) is 1.63. The summed E-state index contributed by atoms with van der Waals surface area (Å²) >= 11 is 0. The summed E-state index contributed by atoms with van der Waals surface area (Å²) in [6.45, 7) is 0.804.